The minimum Gasteiger partial charge on any atom is -0.444 e. The Labute approximate surface area is 102 Å². The van der Waals surface area contributed by atoms with E-state index >= 15 is 0 Å². The van der Waals surface area contributed by atoms with Gasteiger partial charge in [-0.25, -0.2) is 4.79 Å². The van der Waals surface area contributed by atoms with Gasteiger partial charge in [0.15, 0.2) is 0 Å². The molecule has 5 nitrogen and oxygen atoms in total. The average Bonchev–Trinajstić information content (AvgIpc) is 2.43. The highest BCUT2D eigenvalue weighted by molar-refractivity contribution is 5.68. The van der Waals surface area contributed by atoms with Gasteiger partial charge in [-0.2, -0.15) is 0 Å². The van der Waals surface area contributed by atoms with Crippen LogP contribution in [0.5, 0.6) is 0 Å². The molecule has 0 saturated heterocycles. The molecule has 0 aromatic heterocycles. The van der Waals surface area contributed by atoms with Crippen LogP contribution in [0.2, 0.25) is 0 Å². The summed E-state index contributed by atoms with van der Waals surface area (Å²) in [5, 5.41) is 21.7. The van der Waals surface area contributed by atoms with Crippen molar-refractivity contribution in [1.82, 2.24) is 5.32 Å². The van der Waals surface area contributed by atoms with Crippen molar-refractivity contribution in [3.05, 3.63) is 0 Å². The maximum atomic E-state index is 11.6. The first kappa shape index (κ1) is 14.3. The van der Waals surface area contributed by atoms with Crippen molar-refractivity contribution >= 4 is 6.09 Å². The summed E-state index contributed by atoms with van der Waals surface area (Å²) in [5.41, 5.74) is -0.546. The summed E-state index contributed by atoms with van der Waals surface area (Å²) in [6.07, 6.45) is -0.565. The average molecular weight is 245 g/mol. The van der Waals surface area contributed by atoms with Crippen LogP contribution in [0.1, 0.15) is 34.1 Å². The molecule has 3 N–H and O–H groups in total. The second-order valence-electron chi connectivity index (χ2n) is 5.78. The van der Waals surface area contributed by atoms with Crippen LogP contribution < -0.4 is 5.32 Å². The molecule has 0 aromatic rings. The first-order valence-electron chi connectivity index (χ1n) is 6.03. The maximum absolute atomic E-state index is 11.6. The number of ether oxygens (including phenoxy) is 1. The number of amides is 1. The van der Waals surface area contributed by atoms with Crippen LogP contribution in [-0.4, -0.2) is 40.7 Å². The topological polar surface area (TPSA) is 78.8 Å². The number of aliphatic hydroxyl groups excluding tert-OH is 2. The number of carbonyl (C=O) groups is 1. The molecule has 0 aliphatic heterocycles. The summed E-state index contributed by atoms with van der Waals surface area (Å²) >= 11 is 0. The van der Waals surface area contributed by atoms with Crippen LogP contribution >= 0.6 is 0 Å². The third-order valence-electron chi connectivity index (χ3n) is 3.19. The van der Waals surface area contributed by atoms with E-state index in [0.717, 1.165) is 0 Å². The number of hydrogen-bond acceptors (Lipinski definition) is 4. The number of nitrogens with one attached hydrogen (secondary N) is 1. The zero-order valence-corrected chi connectivity index (χ0v) is 10.9. The zero-order chi connectivity index (χ0) is 13.2. The highest BCUT2D eigenvalue weighted by atomic mass is 16.6. The summed E-state index contributed by atoms with van der Waals surface area (Å²) in [7, 11) is 0. The van der Waals surface area contributed by atoms with Crippen LogP contribution in [-0.2, 0) is 4.74 Å². The molecule has 1 rings (SSSR count). The summed E-state index contributed by atoms with van der Waals surface area (Å²) in [6, 6.07) is -0.336. The normalized spacial score (nSPS) is 33.5. The smallest absolute Gasteiger partial charge is 0.407 e. The Bertz CT molecular complexity index is 274. The molecule has 1 saturated carbocycles. The Morgan fingerprint density at radius 1 is 1.47 bits per heavy atom. The number of alkyl carbamates (subject to hydrolysis) is 1. The summed E-state index contributed by atoms with van der Waals surface area (Å²) < 4.78 is 5.13. The van der Waals surface area contributed by atoms with Gasteiger partial charge in [0.1, 0.15) is 5.60 Å². The Balaban J connectivity index is 2.50. The molecule has 1 unspecified atom stereocenters. The molecular formula is C12H23NO4. The van der Waals surface area contributed by atoms with Gasteiger partial charge in [-0.15, -0.1) is 0 Å². The molecule has 17 heavy (non-hydrogen) atoms. The molecule has 1 aliphatic rings. The molecule has 0 aromatic carbocycles. The van der Waals surface area contributed by atoms with Crippen molar-refractivity contribution < 1.29 is 19.7 Å². The molecule has 4 atom stereocenters. The van der Waals surface area contributed by atoms with E-state index in [1.54, 1.807) is 20.8 Å². The van der Waals surface area contributed by atoms with E-state index < -0.39 is 17.8 Å². The van der Waals surface area contributed by atoms with Crippen LogP contribution in [0.3, 0.4) is 0 Å². The van der Waals surface area contributed by atoms with Crippen LogP contribution in [0.4, 0.5) is 4.79 Å². The van der Waals surface area contributed by atoms with Gasteiger partial charge in [-0.05, 0) is 39.0 Å². The van der Waals surface area contributed by atoms with Crippen molar-refractivity contribution in [2.24, 2.45) is 11.8 Å². The van der Waals surface area contributed by atoms with Crippen molar-refractivity contribution in [3.63, 3.8) is 0 Å². The lowest BCUT2D eigenvalue weighted by Crippen LogP contribution is -2.43. The predicted octanol–water partition coefficient (Wildman–Crippen LogP) is 0.889. The molecular weight excluding hydrogens is 222 g/mol. The highest BCUT2D eigenvalue weighted by Gasteiger charge is 2.40. The predicted molar refractivity (Wildman–Crippen MR) is 63.5 cm³/mol. The minimum absolute atomic E-state index is 0.0139. The third kappa shape index (κ3) is 3.85. The van der Waals surface area contributed by atoms with E-state index in [9.17, 15) is 9.90 Å². The molecule has 0 radical (unpaired) electrons. The van der Waals surface area contributed by atoms with E-state index in [-0.39, 0.29) is 24.5 Å². The Morgan fingerprint density at radius 2 is 2.06 bits per heavy atom. The second kappa shape index (κ2) is 5.23. The lowest BCUT2D eigenvalue weighted by atomic mass is 9.98. The van der Waals surface area contributed by atoms with Crippen molar-refractivity contribution in [1.29, 1.82) is 0 Å². The monoisotopic (exact) mass is 245 g/mol. The first-order valence-corrected chi connectivity index (χ1v) is 6.03. The summed E-state index contributed by atoms with van der Waals surface area (Å²) in [6.45, 7) is 7.28. The van der Waals surface area contributed by atoms with E-state index in [1.807, 2.05) is 6.92 Å². The van der Waals surface area contributed by atoms with Crippen molar-refractivity contribution in [2.75, 3.05) is 6.61 Å². The zero-order valence-electron chi connectivity index (χ0n) is 10.9. The molecule has 1 aliphatic carbocycles. The molecule has 1 amide bonds. The maximum Gasteiger partial charge on any atom is 0.407 e. The highest BCUT2D eigenvalue weighted by Crippen LogP contribution is 2.31. The van der Waals surface area contributed by atoms with E-state index in [2.05, 4.69) is 5.32 Å². The fourth-order valence-electron chi connectivity index (χ4n) is 2.17. The number of hydrogen-bond donors (Lipinski definition) is 3. The molecule has 0 bridgehead atoms. The quantitative estimate of drug-likeness (QED) is 0.675. The van der Waals surface area contributed by atoms with Gasteiger partial charge in [0.25, 0.3) is 0 Å². The van der Waals surface area contributed by atoms with Crippen LogP contribution in [0.15, 0.2) is 0 Å². The fourth-order valence-corrected chi connectivity index (χ4v) is 2.17. The lowest BCUT2D eigenvalue weighted by Gasteiger charge is -2.23. The summed E-state index contributed by atoms with van der Waals surface area (Å²) in [4.78, 5) is 11.6. The van der Waals surface area contributed by atoms with Crippen molar-refractivity contribution in [3.8, 4) is 0 Å². The third-order valence-corrected chi connectivity index (χ3v) is 3.19. The van der Waals surface area contributed by atoms with Crippen LogP contribution in [0, 0.1) is 11.8 Å². The van der Waals surface area contributed by atoms with Gasteiger partial charge in [-0.3, -0.25) is 0 Å². The van der Waals surface area contributed by atoms with Crippen LogP contribution in [0.25, 0.3) is 0 Å². The number of carbonyl (C=O) groups excluding carboxylic acids is 1. The van der Waals surface area contributed by atoms with E-state index in [4.69, 9.17) is 9.84 Å². The molecule has 100 valence electrons. The van der Waals surface area contributed by atoms with Gasteiger partial charge in [0.05, 0.1) is 12.1 Å². The molecule has 0 spiro atoms. The van der Waals surface area contributed by atoms with Gasteiger partial charge in [0, 0.05) is 6.61 Å². The van der Waals surface area contributed by atoms with E-state index in [0.29, 0.717) is 6.42 Å². The van der Waals surface area contributed by atoms with Gasteiger partial charge < -0.3 is 20.3 Å². The number of rotatable bonds is 2. The van der Waals surface area contributed by atoms with Gasteiger partial charge in [0.2, 0.25) is 0 Å². The lowest BCUT2D eigenvalue weighted by molar-refractivity contribution is 0.0419. The van der Waals surface area contributed by atoms with Gasteiger partial charge in [-0.1, -0.05) is 6.92 Å². The standard InChI is InChI=1S/C12H23NO4/c1-7-8(6-14)5-9(10(7)15)13-11(16)17-12(2,3)4/h7-10,14-15H,5-6H2,1-4H3,(H,13,16)/t7-,8?,9+,10+/m0/s1. The minimum atomic E-state index is -0.625. The Morgan fingerprint density at radius 3 is 2.47 bits per heavy atom. The SMILES string of the molecule is C[C@H]1C(CO)C[C@@H](NC(=O)OC(C)(C)C)[C@@H]1O. The Hall–Kier alpha value is -0.810. The Kier molecular flexibility index (Phi) is 4.38. The fraction of sp³-hybridized carbons (Fsp3) is 0.917. The van der Waals surface area contributed by atoms with E-state index in [1.165, 1.54) is 0 Å². The molecule has 1 fully saturated rings. The first-order chi connectivity index (χ1) is 7.74. The second-order valence-corrected chi connectivity index (χ2v) is 5.78. The molecule has 5 heteroatoms. The van der Waals surface area contributed by atoms with Crippen molar-refractivity contribution in [2.45, 2.75) is 51.9 Å². The number of aliphatic hydroxyl groups is 2. The summed E-state index contributed by atoms with van der Waals surface area (Å²) in [5.74, 6) is 0.0184. The van der Waals surface area contributed by atoms with Gasteiger partial charge >= 0.3 is 6.09 Å². The molecule has 0 heterocycles. The largest absolute Gasteiger partial charge is 0.444 e.